The van der Waals surface area contributed by atoms with Crippen LogP contribution in [0, 0.1) is 18.6 Å². The van der Waals surface area contributed by atoms with Gasteiger partial charge in [-0.1, -0.05) is 78.9 Å². The van der Waals surface area contributed by atoms with Crippen molar-refractivity contribution in [3.05, 3.63) is 157 Å². The summed E-state index contributed by atoms with van der Waals surface area (Å²) >= 11 is 0. The van der Waals surface area contributed by atoms with Crippen molar-refractivity contribution in [3.8, 4) is 16.9 Å². The summed E-state index contributed by atoms with van der Waals surface area (Å²) in [5.41, 5.74) is -3.30. The third kappa shape index (κ3) is 9.12. The minimum atomic E-state index is -4.97. The molecule has 3 N–H and O–H groups in total. The molecule has 1 heterocycles. The summed E-state index contributed by atoms with van der Waals surface area (Å²) in [7, 11) is 1.23. The molecule has 5 aromatic rings. The number of nitrogens with zero attached hydrogens (tertiary/aromatic N) is 2. The molecule has 0 bridgehead atoms. The van der Waals surface area contributed by atoms with Gasteiger partial charge in [-0.2, -0.15) is 13.2 Å². The second kappa shape index (κ2) is 17.5. The number of hydrogen-bond donors (Lipinski definition) is 3. The SMILES string of the molecule is COc1cccc(-c2c(C)n(Cc3c(F)cccc3C(F)(F)F)c(=O)n(C[C@H](NC[C@H](NCCCC(=O)O)c3ccccc3)c3ccccc3)c2=O)c1F. The number of alkyl halides is 3. The lowest BCUT2D eigenvalue weighted by molar-refractivity contribution is -0.138. The average Bonchev–Trinajstić information content (AvgIpc) is 3.15. The summed E-state index contributed by atoms with van der Waals surface area (Å²) in [5, 5.41) is 15.9. The van der Waals surface area contributed by atoms with Crippen LogP contribution in [-0.4, -0.2) is 40.4 Å². The zero-order chi connectivity index (χ0) is 39.0. The number of carboxylic acid groups (broad SMARTS) is 1. The van der Waals surface area contributed by atoms with Crippen LogP contribution >= 0.6 is 0 Å². The molecule has 0 unspecified atom stereocenters. The fraction of sp³-hybridized carbons (Fsp3) is 0.275. The van der Waals surface area contributed by atoms with Crippen molar-refractivity contribution < 1.29 is 36.6 Å². The number of ether oxygens (including phenoxy) is 1. The van der Waals surface area contributed by atoms with Crippen LogP contribution in [-0.2, 0) is 24.1 Å². The van der Waals surface area contributed by atoms with Crippen LogP contribution in [0.1, 0.15) is 52.9 Å². The highest BCUT2D eigenvalue weighted by molar-refractivity contribution is 5.68. The van der Waals surface area contributed by atoms with Crippen molar-refractivity contribution >= 4 is 5.97 Å². The highest BCUT2D eigenvalue weighted by Crippen LogP contribution is 2.34. The minimum absolute atomic E-state index is 0.0369. The lowest BCUT2D eigenvalue weighted by Crippen LogP contribution is -2.45. The van der Waals surface area contributed by atoms with E-state index in [0.29, 0.717) is 24.6 Å². The first-order valence-corrected chi connectivity index (χ1v) is 17.1. The van der Waals surface area contributed by atoms with Gasteiger partial charge < -0.3 is 20.5 Å². The fourth-order valence-corrected chi connectivity index (χ4v) is 6.39. The summed E-state index contributed by atoms with van der Waals surface area (Å²) < 4.78 is 80.2. The van der Waals surface area contributed by atoms with E-state index in [1.54, 1.807) is 30.3 Å². The Morgan fingerprint density at radius 1 is 0.833 bits per heavy atom. The van der Waals surface area contributed by atoms with Gasteiger partial charge in [-0.15, -0.1) is 0 Å². The summed E-state index contributed by atoms with van der Waals surface area (Å²) in [6.45, 7) is 0.627. The first-order valence-electron chi connectivity index (χ1n) is 17.1. The number of rotatable bonds is 16. The van der Waals surface area contributed by atoms with Gasteiger partial charge in [0.25, 0.3) is 5.56 Å². The molecule has 0 aliphatic rings. The molecule has 0 saturated carbocycles. The average molecular weight is 751 g/mol. The van der Waals surface area contributed by atoms with Gasteiger partial charge >= 0.3 is 17.8 Å². The summed E-state index contributed by atoms with van der Waals surface area (Å²) in [5.74, 6) is -3.29. The van der Waals surface area contributed by atoms with Crippen molar-refractivity contribution in [2.75, 3.05) is 20.2 Å². The number of methoxy groups -OCH3 is 1. The van der Waals surface area contributed by atoms with Crippen molar-refractivity contribution in [2.45, 2.75) is 51.1 Å². The molecule has 1 aromatic heterocycles. The zero-order valence-corrected chi connectivity index (χ0v) is 29.5. The monoisotopic (exact) mass is 750 g/mol. The van der Waals surface area contributed by atoms with E-state index in [1.165, 1.54) is 32.2 Å². The molecule has 284 valence electrons. The van der Waals surface area contributed by atoms with E-state index >= 15 is 8.78 Å². The Bertz CT molecular complexity index is 2190. The molecule has 54 heavy (non-hydrogen) atoms. The van der Waals surface area contributed by atoms with Crippen molar-refractivity contribution in [1.82, 2.24) is 19.8 Å². The normalized spacial score (nSPS) is 12.7. The van der Waals surface area contributed by atoms with Crippen LogP contribution in [0.25, 0.3) is 11.1 Å². The maximum atomic E-state index is 15.8. The van der Waals surface area contributed by atoms with Gasteiger partial charge in [-0.3, -0.25) is 18.7 Å². The molecule has 9 nitrogen and oxygen atoms in total. The van der Waals surface area contributed by atoms with E-state index in [9.17, 15) is 27.6 Å². The lowest BCUT2D eigenvalue weighted by atomic mass is 10.0. The van der Waals surface area contributed by atoms with Crippen molar-refractivity contribution in [3.63, 3.8) is 0 Å². The first kappa shape index (κ1) is 39.6. The molecule has 0 aliphatic heterocycles. The highest BCUT2D eigenvalue weighted by Gasteiger charge is 2.35. The smallest absolute Gasteiger partial charge is 0.416 e. The van der Waals surface area contributed by atoms with E-state index in [0.717, 1.165) is 26.8 Å². The zero-order valence-electron chi connectivity index (χ0n) is 29.5. The van der Waals surface area contributed by atoms with Crippen molar-refractivity contribution in [1.29, 1.82) is 0 Å². The standard InChI is InChI=1S/C40H39F5N4O5/c1-25-36(28-16-9-19-34(54-2)37(28)42)38(52)49(39(53)48(25)23-29-30(40(43,44)45)17-10-18-31(29)41)24-33(27-14-7-4-8-15-27)47-22-32(26-12-5-3-6-13-26)46-21-11-20-35(50)51/h3-10,12-19,32-33,46-47H,11,20-24H2,1-2H3,(H,50,51)/t32-,33-/m0/s1. The molecule has 2 atom stereocenters. The maximum Gasteiger partial charge on any atom is 0.416 e. The molecular formula is C40H39F5N4O5. The largest absolute Gasteiger partial charge is 0.494 e. The Kier molecular flexibility index (Phi) is 12.8. The molecule has 0 radical (unpaired) electrons. The topological polar surface area (TPSA) is 115 Å². The first-order chi connectivity index (χ1) is 25.8. The van der Waals surface area contributed by atoms with Gasteiger partial charge in [-0.25, -0.2) is 13.6 Å². The third-order valence-corrected chi connectivity index (χ3v) is 9.18. The Morgan fingerprint density at radius 2 is 1.46 bits per heavy atom. The Hall–Kier alpha value is -5.60. The predicted molar refractivity (Wildman–Crippen MR) is 193 cm³/mol. The minimum Gasteiger partial charge on any atom is -0.494 e. The van der Waals surface area contributed by atoms with Crippen molar-refractivity contribution in [2.24, 2.45) is 0 Å². The predicted octanol–water partition coefficient (Wildman–Crippen LogP) is 6.87. The Labute approximate surface area is 307 Å². The molecule has 0 amide bonds. The second-order valence-electron chi connectivity index (χ2n) is 12.6. The van der Waals surface area contributed by atoms with Crippen LogP contribution in [0.2, 0.25) is 0 Å². The summed E-state index contributed by atoms with van der Waals surface area (Å²) in [6.07, 6.45) is -4.64. The van der Waals surface area contributed by atoms with Gasteiger partial charge in [0.15, 0.2) is 11.6 Å². The van der Waals surface area contributed by atoms with Gasteiger partial charge in [-0.05, 0) is 49.2 Å². The van der Waals surface area contributed by atoms with E-state index in [4.69, 9.17) is 9.84 Å². The Balaban J connectivity index is 1.64. The van der Waals surface area contributed by atoms with Gasteiger partial charge in [0.1, 0.15) is 5.82 Å². The number of benzene rings is 4. The number of carbonyl (C=O) groups is 1. The number of carboxylic acids is 1. The number of halogens is 5. The van der Waals surface area contributed by atoms with E-state index in [1.807, 2.05) is 30.3 Å². The van der Waals surface area contributed by atoms with Crippen LogP contribution < -0.4 is 26.6 Å². The maximum absolute atomic E-state index is 15.8. The molecule has 0 fully saturated rings. The van der Waals surface area contributed by atoms with Crippen LogP contribution in [0.4, 0.5) is 22.0 Å². The fourth-order valence-electron chi connectivity index (χ4n) is 6.39. The number of nitrogens with one attached hydrogen (secondary N) is 2. The van der Waals surface area contributed by atoms with E-state index < -0.39 is 58.7 Å². The van der Waals surface area contributed by atoms with Gasteiger partial charge in [0, 0.05) is 35.8 Å². The van der Waals surface area contributed by atoms with E-state index in [-0.39, 0.29) is 48.1 Å². The van der Waals surface area contributed by atoms with Gasteiger partial charge in [0.2, 0.25) is 0 Å². The lowest BCUT2D eigenvalue weighted by Gasteiger charge is -2.26. The second-order valence-corrected chi connectivity index (χ2v) is 12.6. The molecule has 14 heteroatoms. The summed E-state index contributed by atoms with van der Waals surface area (Å²) in [6, 6.07) is 23.6. The Morgan fingerprint density at radius 3 is 2.07 bits per heavy atom. The van der Waals surface area contributed by atoms with E-state index in [2.05, 4.69) is 10.6 Å². The van der Waals surface area contributed by atoms with Crippen LogP contribution in [0.5, 0.6) is 5.75 Å². The number of aliphatic carboxylic acids is 1. The number of hydrogen-bond acceptors (Lipinski definition) is 6. The third-order valence-electron chi connectivity index (χ3n) is 9.18. The molecule has 5 rings (SSSR count). The molecule has 0 spiro atoms. The highest BCUT2D eigenvalue weighted by atomic mass is 19.4. The quantitative estimate of drug-likeness (QED) is 0.0746. The van der Waals surface area contributed by atoms with Gasteiger partial charge in [0.05, 0.1) is 37.4 Å². The van der Waals surface area contributed by atoms with Crippen LogP contribution in [0.3, 0.4) is 0 Å². The number of aromatic nitrogens is 2. The molecule has 4 aromatic carbocycles. The molecule has 0 aliphatic carbocycles. The molecule has 0 saturated heterocycles. The van der Waals surface area contributed by atoms with Crippen LogP contribution in [0.15, 0.2) is 107 Å². The molecular weight excluding hydrogens is 711 g/mol. The summed E-state index contributed by atoms with van der Waals surface area (Å²) in [4.78, 5) is 39.9.